The topological polar surface area (TPSA) is 0 Å². The molecule has 0 unspecified atom stereocenters. The van der Waals surface area contributed by atoms with Crippen LogP contribution in [-0.2, 0) is 0 Å². The Hall–Kier alpha value is -6.24. The number of hydrogen-bond acceptors (Lipinski definition) is 0. The van der Waals surface area contributed by atoms with E-state index in [4.69, 9.17) is 6.85 Å². The normalized spacial score (nSPS) is 13.1. The van der Waals surface area contributed by atoms with E-state index in [0.29, 0.717) is 5.56 Å². The zero-order valence-electron chi connectivity index (χ0n) is 33.5. The van der Waals surface area contributed by atoms with Crippen LogP contribution >= 0.6 is 0 Å². The minimum absolute atomic E-state index is 0.0227. The Morgan fingerprint density at radius 3 is 1.32 bits per heavy atom. The Kier molecular flexibility index (Phi) is 5.90. The molecule has 0 atom stereocenters. The van der Waals surface area contributed by atoms with E-state index in [9.17, 15) is 0 Å². The molecule has 0 fully saturated rings. The van der Waals surface area contributed by atoms with E-state index in [-0.39, 0.29) is 50.3 Å². The molecule has 0 spiro atoms. The molecule has 0 saturated heterocycles. The Morgan fingerprint density at radius 1 is 0.321 bits per heavy atom. The molecule has 0 radical (unpaired) electrons. The molecule has 0 bridgehead atoms. The first-order chi connectivity index (χ1) is 28.4. The van der Waals surface area contributed by atoms with Gasteiger partial charge in [0.2, 0.25) is 0 Å². The molecule has 0 aliphatic heterocycles. The van der Waals surface area contributed by atoms with E-state index in [1.54, 1.807) is 0 Å². The van der Waals surface area contributed by atoms with Gasteiger partial charge in [0.25, 0.3) is 0 Å². The van der Waals surface area contributed by atoms with Gasteiger partial charge in [-0.05, 0) is 0 Å². The molecular formula is C52H32Se. The van der Waals surface area contributed by atoms with Crippen molar-refractivity contribution in [2.45, 2.75) is 0 Å². The summed E-state index contributed by atoms with van der Waals surface area (Å²) in [6.45, 7) is 0. The van der Waals surface area contributed by atoms with Crippen LogP contribution in [0.5, 0.6) is 0 Å². The van der Waals surface area contributed by atoms with Crippen molar-refractivity contribution in [3.8, 4) is 44.5 Å². The molecule has 53 heavy (non-hydrogen) atoms. The van der Waals surface area contributed by atoms with Gasteiger partial charge in [0, 0.05) is 0 Å². The fourth-order valence-electron chi connectivity index (χ4n) is 8.57. The quantitative estimate of drug-likeness (QED) is 0.124. The Morgan fingerprint density at radius 2 is 0.774 bits per heavy atom. The van der Waals surface area contributed by atoms with Gasteiger partial charge in [-0.3, -0.25) is 0 Å². The molecule has 0 saturated carbocycles. The van der Waals surface area contributed by atoms with Crippen molar-refractivity contribution < 1.29 is 6.85 Å². The minimum atomic E-state index is -0.389. The molecule has 1 aromatic heterocycles. The molecule has 0 aliphatic carbocycles. The van der Waals surface area contributed by atoms with Gasteiger partial charge in [-0.2, -0.15) is 0 Å². The zero-order chi connectivity index (χ0) is 39.2. The fraction of sp³-hybridized carbons (Fsp3) is 0. The van der Waals surface area contributed by atoms with Crippen molar-refractivity contribution in [3.05, 3.63) is 194 Å². The predicted octanol–water partition coefficient (Wildman–Crippen LogP) is 14.3. The second kappa shape index (κ2) is 12.2. The summed E-state index contributed by atoms with van der Waals surface area (Å²) in [4.78, 5) is 0. The second-order valence-corrected chi connectivity index (χ2v) is 15.8. The van der Waals surface area contributed by atoms with Crippen LogP contribution < -0.4 is 0 Å². The third-order valence-corrected chi connectivity index (χ3v) is 13.3. The van der Waals surface area contributed by atoms with Crippen molar-refractivity contribution in [1.29, 1.82) is 0 Å². The monoisotopic (exact) mass is 741 g/mol. The molecule has 1 heteroatoms. The van der Waals surface area contributed by atoms with Gasteiger partial charge in [0.15, 0.2) is 0 Å². The molecule has 246 valence electrons. The Balaban J connectivity index is 1.18. The number of hydrogen-bond donors (Lipinski definition) is 0. The Bertz CT molecular complexity index is 3370. The van der Waals surface area contributed by atoms with Gasteiger partial charge >= 0.3 is 322 Å². The number of fused-ring (bicyclic) bond motifs is 7. The first-order valence-electron chi connectivity index (χ1n) is 20.4. The van der Waals surface area contributed by atoms with Crippen LogP contribution in [0.25, 0.3) is 107 Å². The summed E-state index contributed by atoms with van der Waals surface area (Å²) in [7, 11) is 0. The summed E-state index contributed by atoms with van der Waals surface area (Å²) in [5.41, 5.74) is 8.05. The summed E-state index contributed by atoms with van der Waals surface area (Å²) in [5.74, 6) is 0. The standard InChI is InChI=1S/C52H32Se/c1-3-16-33(17-4-1)48-36-20-7-9-22-38(36)50(39-23-10-8-21-37(39)48)35-30-31-47-46(32-35)44-28-15-29-45(52(44)53-47)51-42-26-13-11-24-40(42)49(34-18-5-2-6-19-34)41-25-12-14-27-43(41)51/h1-32H/i2D,5D,6D,18D,19D. The van der Waals surface area contributed by atoms with Crippen molar-refractivity contribution in [2.75, 3.05) is 0 Å². The fourth-order valence-corrected chi connectivity index (χ4v) is 11.1. The van der Waals surface area contributed by atoms with Crippen molar-refractivity contribution in [2.24, 2.45) is 0 Å². The van der Waals surface area contributed by atoms with Crippen LogP contribution in [0.2, 0.25) is 0 Å². The van der Waals surface area contributed by atoms with Crippen LogP contribution in [0.3, 0.4) is 0 Å². The van der Waals surface area contributed by atoms with Gasteiger partial charge in [-0.15, -0.1) is 0 Å². The number of benzene rings is 10. The van der Waals surface area contributed by atoms with Crippen molar-refractivity contribution in [1.82, 2.24) is 0 Å². The molecular weight excluding hydrogens is 704 g/mol. The summed E-state index contributed by atoms with van der Waals surface area (Å²) < 4.78 is 45.9. The molecule has 0 N–H and O–H groups in total. The van der Waals surface area contributed by atoms with E-state index < -0.39 is 0 Å². The van der Waals surface area contributed by atoms with Crippen molar-refractivity contribution >= 4 is 76.9 Å². The average Bonchev–Trinajstić information content (AvgIpc) is 3.65. The molecule has 1 heterocycles. The van der Waals surface area contributed by atoms with Gasteiger partial charge in [0.1, 0.15) is 0 Å². The van der Waals surface area contributed by atoms with Crippen LogP contribution in [0.1, 0.15) is 6.85 Å². The van der Waals surface area contributed by atoms with Crippen LogP contribution in [0.15, 0.2) is 194 Å². The second-order valence-electron chi connectivity index (χ2n) is 13.5. The molecule has 10 aromatic carbocycles. The summed E-state index contributed by atoms with van der Waals surface area (Å²) in [6, 6.07) is 56.8. The van der Waals surface area contributed by atoms with Crippen LogP contribution in [-0.4, -0.2) is 14.5 Å². The molecule has 0 aliphatic rings. The summed E-state index contributed by atoms with van der Waals surface area (Å²) in [6.07, 6.45) is 0. The van der Waals surface area contributed by atoms with Crippen LogP contribution in [0.4, 0.5) is 0 Å². The van der Waals surface area contributed by atoms with E-state index in [0.717, 1.165) is 27.1 Å². The predicted molar refractivity (Wildman–Crippen MR) is 230 cm³/mol. The van der Waals surface area contributed by atoms with Gasteiger partial charge in [0.05, 0.1) is 0 Å². The van der Waals surface area contributed by atoms with Gasteiger partial charge in [-0.25, -0.2) is 0 Å². The molecule has 0 amide bonds. The van der Waals surface area contributed by atoms with Gasteiger partial charge in [-0.1, -0.05) is 0 Å². The first-order valence-corrected chi connectivity index (χ1v) is 19.6. The zero-order valence-corrected chi connectivity index (χ0v) is 30.2. The average molecular weight is 741 g/mol. The molecule has 11 aromatic rings. The molecule has 0 nitrogen and oxygen atoms in total. The van der Waals surface area contributed by atoms with E-state index >= 15 is 0 Å². The maximum absolute atomic E-state index is 8.96. The summed E-state index contributed by atoms with van der Waals surface area (Å²) >= 11 is 0.0227. The van der Waals surface area contributed by atoms with Crippen LogP contribution in [0, 0.1) is 0 Å². The number of rotatable bonds is 4. The third kappa shape index (κ3) is 4.69. The SMILES string of the molecule is [2H]c1c([2H])c([2H])c(-c2c3ccccc3c(-c3cccc4c3[se]c3ccc(-c5c6ccccc6c(-c6ccccc6)c6ccccc56)cc34)c3ccccc23)c([2H])c1[2H]. The van der Waals surface area contributed by atoms with E-state index in [1.165, 1.54) is 68.7 Å². The molecule has 11 rings (SSSR count). The third-order valence-electron chi connectivity index (χ3n) is 10.7. The van der Waals surface area contributed by atoms with E-state index in [2.05, 4.69) is 127 Å². The summed E-state index contributed by atoms with van der Waals surface area (Å²) in [5, 5.41) is 11.1. The van der Waals surface area contributed by atoms with E-state index in [1.807, 2.05) is 36.4 Å². The maximum atomic E-state index is 8.96. The van der Waals surface area contributed by atoms with Crippen molar-refractivity contribution in [3.63, 3.8) is 0 Å². The van der Waals surface area contributed by atoms with Gasteiger partial charge < -0.3 is 0 Å². The first kappa shape index (κ1) is 25.7. The Labute approximate surface area is 321 Å².